The predicted molar refractivity (Wildman–Crippen MR) is 64.7 cm³/mol. The van der Waals surface area contributed by atoms with Crippen molar-refractivity contribution in [1.29, 1.82) is 0 Å². The molecule has 1 spiro atoms. The van der Waals surface area contributed by atoms with Gasteiger partial charge in [-0.15, -0.1) is 11.8 Å². The Balaban J connectivity index is 1.98. The molecule has 14 heavy (non-hydrogen) atoms. The van der Waals surface area contributed by atoms with Crippen molar-refractivity contribution in [3.63, 3.8) is 0 Å². The summed E-state index contributed by atoms with van der Waals surface area (Å²) < 4.78 is 0. The van der Waals surface area contributed by atoms with Gasteiger partial charge in [0.2, 0.25) is 0 Å². The first-order valence-electron chi connectivity index (χ1n) is 5.94. The third kappa shape index (κ3) is 2.27. The number of hydrogen-bond acceptors (Lipinski definition) is 2. The van der Waals surface area contributed by atoms with Crippen LogP contribution >= 0.6 is 11.8 Å². The summed E-state index contributed by atoms with van der Waals surface area (Å²) in [6.45, 7) is 8.44. The third-order valence-electron chi connectivity index (χ3n) is 3.84. The number of thioether (sulfide) groups is 1. The van der Waals surface area contributed by atoms with Gasteiger partial charge in [-0.05, 0) is 44.1 Å². The van der Waals surface area contributed by atoms with Gasteiger partial charge in [-0.3, -0.25) is 0 Å². The minimum atomic E-state index is 0.452. The zero-order valence-electron chi connectivity index (χ0n) is 9.73. The Morgan fingerprint density at radius 1 is 1.14 bits per heavy atom. The molecule has 82 valence electrons. The van der Waals surface area contributed by atoms with Crippen molar-refractivity contribution in [3.05, 3.63) is 0 Å². The van der Waals surface area contributed by atoms with E-state index in [-0.39, 0.29) is 0 Å². The molecule has 1 nitrogen and oxygen atoms in total. The molecule has 1 atom stereocenters. The van der Waals surface area contributed by atoms with Crippen LogP contribution in [0.3, 0.4) is 0 Å². The van der Waals surface area contributed by atoms with Gasteiger partial charge in [0.15, 0.2) is 0 Å². The summed E-state index contributed by atoms with van der Waals surface area (Å²) in [6, 6.07) is 0. The van der Waals surface area contributed by atoms with Crippen molar-refractivity contribution in [3.8, 4) is 0 Å². The Labute approximate surface area is 92.4 Å². The zero-order valence-corrected chi connectivity index (χ0v) is 10.5. The van der Waals surface area contributed by atoms with Crippen molar-refractivity contribution >= 4 is 11.8 Å². The molecule has 1 saturated heterocycles. The van der Waals surface area contributed by atoms with Crippen LogP contribution < -0.4 is 5.32 Å². The second-order valence-corrected chi connectivity index (χ2v) is 7.62. The summed E-state index contributed by atoms with van der Waals surface area (Å²) in [4.78, 5) is 0.452. The summed E-state index contributed by atoms with van der Waals surface area (Å²) in [5.74, 6) is 0. The molecule has 0 aromatic carbocycles. The maximum Gasteiger partial charge on any atom is 0.0648 e. The summed E-state index contributed by atoms with van der Waals surface area (Å²) in [7, 11) is 0. The van der Waals surface area contributed by atoms with E-state index in [1.165, 1.54) is 38.6 Å². The monoisotopic (exact) mass is 213 g/mol. The molecule has 2 aliphatic rings. The van der Waals surface area contributed by atoms with E-state index in [4.69, 9.17) is 0 Å². The maximum absolute atomic E-state index is 3.77. The Bertz CT molecular complexity index is 202. The maximum atomic E-state index is 3.77. The normalized spacial score (nSPS) is 35.8. The quantitative estimate of drug-likeness (QED) is 0.662. The zero-order chi connectivity index (χ0) is 10.2. The lowest BCUT2D eigenvalue weighted by atomic mass is 9.75. The van der Waals surface area contributed by atoms with E-state index >= 15 is 0 Å². The molecule has 0 bridgehead atoms. The SMILES string of the molecule is CC1CCNC2(CCC(C)(C)CC2)S1. The van der Waals surface area contributed by atoms with Gasteiger partial charge >= 0.3 is 0 Å². The molecule has 1 unspecified atom stereocenters. The fraction of sp³-hybridized carbons (Fsp3) is 1.00. The standard InChI is InChI=1S/C12H23NS/c1-10-4-9-13-12(14-10)7-5-11(2,3)6-8-12/h10,13H,4-9H2,1-3H3. The minimum absolute atomic E-state index is 0.452. The van der Waals surface area contributed by atoms with Gasteiger partial charge in [0, 0.05) is 5.25 Å². The average molecular weight is 213 g/mol. The van der Waals surface area contributed by atoms with Gasteiger partial charge in [-0.1, -0.05) is 20.8 Å². The van der Waals surface area contributed by atoms with E-state index in [1.807, 2.05) is 0 Å². The predicted octanol–water partition coefficient (Wildman–Crippen LogP) is 3.40. The molecule has 2 rings (SSSR count). The molecule has 2 fully saturated rings. The summed E-state index contributed by atoms with van der Waals surface area (Å²) >= 11 is 2.20. The third-order valence-corrected chi connectivity index (χ3v) is 5.48. The summed E-state index contributed by atoms with van der Waals surface area (Å²) in [5, 5.41) is 4.62. The Kier molecular flexibility index (Phi) is 2.87. The molecule has 1 aliphatic heterocycles. The fourth-order valence-electron chi connectivity index (χ4n) is 2.61. The molecule has 1 heterocycles. The lowest BCUT2D eigenvalue weighted by Gasteiger charge is -2.47. The highest BCUT2D eigenvalue weighted by molar-refractivity contribution is 8.01. The van der Waals surface area contributed by atoms with Crippen LogP contribution in [0, 0.1) is 5.41 Å². The Morgan fingerprint density at radius 2 is 1.79 bits per heavy atom. The van der Waals surface area contributed by atoms with Crippen molar-refractivity contribution in [1.82, 2.24) is 5.32 Å². The van der Waals surface area contributed by atoms with Crippen LogP contribution in [0.1, 0.15) is 52.9 Å². The fourth-order valence-corrected chi connectivity index (χ4v) is 4.25. The first-order valence-corrected chi connectivity index (χ1v) is 6.82. The Morgan fingerprint density at radius 3 is 2.36 bits per heavy atom. The minimum Gasteiger partial charge on any atom is -0.303 e. The van der Waals surface area contributed by atoms with E-state index in [0.717, 1.165) is 5.25 Å². The van der Waals surface area contributed by atoms with Crippen molar-refractivity contribution in [2.45, 2.75) is 63.0 Å². The van der Waals surface area contributed by atoms with Gasteiger partial charge < -0.3 is 5.32 Å². The van der Waals surface area contributed by atoms with Crippen LogP contribution in [0.25, 0.3) is 0 Å². The van der Waals surface area contributed by atoms with E-state index in [9.17, 15) is 0 Å². The van der Waals surface area contributed by atoms with E-state index in [2.05, 4.69) is 37.8 Å². The molecule has 0 aromatic rings. The number of nitrogens with one attached hydrogen (secondary N) is 1. The van der Waals surface area contributed by atoms with Gasteiger partial charge in [-0.2, -0.15) is 0 Å². The van der Waals surface area contributed by atoms with Gasteiger partial charge in [0.05, 0.1) is 4.87 Å². The second kappa shape index (κ2) is 3.71. The van der Waals surface area contributed by atoms with E-state index in [1.54, 1.807) is 0 Å². The molecule has 0 radical (unpaired) electrons. The summed E-state index contributed by atoms with van der Waals surface area (Å²) in [5.41, 5.74) is 0.591. The van der Waals surface area contributed by atoms with Gasteiger partial charge in [0.25, 0.3) is 0 Å². The van der Waals surface area contributed by atoms with Gasteiger partial charge in [-0.25, -0.2) is 0 Å². The van der Waals surface area contributed by atoms with Crippen molar-refractivity contribution in [2.75, 3.05) is 6.54 Å². The number of hydrogen-bond donors (Lipinski definition) is 1. The lowest BCUT2D eigenvalue weighted by molar-refractivity contribution is 0.186. The number of rotatable bonds is 0. The molecule has 1 N–H and O–H groups in total. The van der Waals surface area contributed by atoms with Gasteiger partial charge in [0.1, 0.15) is 0 Å². The summed E-state index contributed by atoms with van der Waals surface area (Å²) in [6.07, 6.45) is 6.86. The Hall–Kier alpha value is 0.310. The van der Waals surface area contributed by atoms with Crippen LogP contribution in [-0.2, 0) is 0 Å². The molecule has 0 amide bonds. The van der Waals surface area contributed by atoms with Crippen molar-refractivity contribution < 1.29 is 0 Å². The van der Waals surface area contributed by atoms with Crippen LogP contribution in [-0.4, -0.2) is 16.7 Å². The highest BCUT2D eigenvalue weighted by Gasteiger charge is 2.40. The molecular weight excluding hydrogens is 190 g/mol. The second-order valence-electron chi connectivity index (χ2n) is 5.80. The van der Waals surface area contributed by atoms with Crippen LogP contribution in [0.5, 0.6) is 0 Å². The highest BCUT2D eigenvalue weighted by Crippen LogP contribution is 2.48. The first-order chi connectivity index (χ1) is 6.52. The van der Waals surface area contributed by atoms with E-state index in [0.29, 0.717) is 10.3 Å². The molecule has 2 heteroatoms. The van der Waals surface area contributed by atoms with Crippen LogP contribution in [0.2, 0.25) is 0 Å². The molecule has 1 saturated carbocycles. The smallest absolute Gasteiger partial charge is 0.0648 e. The molecule has 0 aromatic heterocycles. The lowest BCUT2D eigenvalue weighted by Crippen LogP contribution is -2.51. The largest absolute Gasteiger partial charge is 0.303 e. The average Bonchev–Trinajstić information content (AvgIpc) is 2.12. The topological polar surface area (TPSA) is 12.0 Å². The van der Waals surface area contributed by atoms with Crippen LogP contribution in [0.15, 0.2) is 0 Å². The first kappa shape index (κ1) is 10.8. The molecular formula is C12H23NS. The highest BCUT2D eigenvalue weighted by atomic mass is 32.2. The van der Waals surface area contributed by atoms with Crippen LogP contribution in [0.4, 0.5) is 0 Å². The molecule has 1 aliphatic carbocycles. The van der Waals surface area contributed by atoms with E-state index < -0.39 is 0 Å². The van der Waals surface area contributed by atoms with Crippen molar-refractivity contribution in [2.24, 2.45) is 5.41 Å².